The van der Waals surface area contributed by atoms with Crippen molar-refractivity contribution in [1.29, 1.82) is 0 Å². The van der Waals surface area contributed by atoms with Crippen molar-refractivity contribution in [3.05, 3.63) is 28.7 Å². The van der Waals surface area contributed by atoms with Crippen molar-refractivity contribution >= 4 is 33.6 Å². The highest BCUT2D eigenvalue weighted by Gasteiger charge is 2.23. The third kappa shape index (κ3) is 4.60. The molecule has 1 aromatic heterocycles. The maximum absolute atomic E-state index is 12.1. The number of nitrogens with one attached hydrogen (secondary N) is 1. The largest absolute Gasteiger partial charge is 0.411 e. The highest BCUT2D eigenvalue weighted by atomic mass is 79.9. The lowest BCUT2D eigenvalue weighted by atomic mass is 9.86. The van der Waals surface area contributed by atoms with Crippen LogP contribution in [-0.4, -0.2) is 27.9 Å². The Labute approximate surface area is 154 Å². The van der Waals surface area contributed by atoms with Crippen LogP contribution >= 0.6 is 27.7 Å². The van der Waals surface area contributed by atoms with E-state index in [-0.39, 0.29) is 5.91 Å². The Morgan fingerprint density at radius 2 is 2.04 bits per heavy atom. The molecule has 128 valence electrons. The van der Waals surface area contributed by atoms with Crippen molar-refractivity contribution in [3.8, 4) is 11.5 Å². The minimum Gasteiger partial charge on any atom is -0.411 e. The second kappa shape index (κ2) is 8.16. The van der Waals surface area contributed by atoms with Gasteiger partial charge in [-0.15, -0.1) is 10.2 Å². The Bertz CT molecular complexity index is 689. The van der Waals surface area contributed by atoms with E-state index in [1.165, 1.54) is 31.0 Å². The van der Waals surface area contributed by atoms with Crippen molar-refractivity contribution < 1.29 is 9.21 Å². The summed E-state index contributed by atoms with van der Waals surface area (Å²) in [5.41, 5.74) is 0.859. The van der Waals surface area contributed by atoms with Gasteiger partial charge in [0.15, 0.2) is 0 Å². The minimum absolute atomic E-state index is 0.0298. The van der Waals surface area contributed by atoms with Crippen LogP contribution in [0.15, 0.2) is 38.4 Å². The van der Waals surface area contributed by atoms with Gasteiger partial charge in [0.1, 0.15) is 0 Å². The van der Waals surface area contributed by atoms with Gasteiger partial charge in [-0.3, -0.25) is 4.79 Å². The summed E-state index contributed by atoms with van der Waals surface area (Å²) in [6, 6.07) is 7.95. The lowest BCUT2D eigenvalue weighted by Gasteiger charge is -2.29. The molecule has 0 radical (unpaired) electrons. The predicted octanol–water partition coefficient (Wildman–Crippen LogP) is 4.29. The maximum Gasteiger partial charge on any atom is 0.277 e. The fourth-order valence-corrected chi connectivity index (χ4v) is 3.72. The molecule has 0 saturated heterocycles. The number of benzene rings is 1. The number of halogens is 1. The van der Waals surface area contributed by atoms with Crippen molar-refractivity contribution in [1.82, 2.24) is 15.5 Å². The van der Waals surface area contributed by atoms with Gasteiger partial charge in [-0.1, -0.05) is 47.5 Å². The van der Waals surface area contributed by atoms with E-state index in [2.05, 4.69) is 38.4 Å². The molecule has 1 aromatic carbocycles. The van der Waals surface area contributed by atoms with Crippen LogP contribution in [0.5, 0.6) is 0 Å². The molecular weight excluding hydrogens is 390 g/mol. The van der Waals surface area contributed by atoms with Gasteiger partial charge < -0.3 is 9.73 Å². The third-order valence-electron chi connectivity index (χ3n) is 4.28. The molecule has 5 nitrogen and oxygen atoms in total. The van der Waals surface area contributed by atoms with Crippen molar-refractivity contribution in [2.24, 2.45) is 5.92 Å². The second-order valence-corrected chi connectivity index (χ2v) is 7.95. The van der Waals surface area contributed by atoms with E-state index in [4.69, 9.17) is 4.42 Å². The molecule has 0 bridgehead atoms. The van der Waals surface area contributed by atoms with Gasteiger partial charge in [-0.25, -0.2) is 0 Å². The quantitative estimate of drug-likeness (QED) is 0.745. The molecule has 1 fully saturated rings. The van der Waals surface area contributed by atoms with E-state index >= 15 is 0 Å². The monoisotopic (exact) mass is 409 g/mol. The number of rotatable bonds is 5. The average Bonchev–Trinajstić information content (AvgIpc) is 3.05. The van der Waals surface area contributed by atoms with E-state index in [1.807, 2.05) is 24.3 Å². The number of aromatic nitrogens is 2. The first-order valence-electron chi connectivity index (χ1n) is 8.13. The molecule has 1 amide bonds. The molecule has 1 heterocycles. The van der Waals surface area contributed by atoms with Crippen molar-refractivity contribution in [3.63, 3.8) is 0 Å². The fraction of sp³-hybridized carbons (Fsp3) is 0.471. The lowest BCUT2D eigenvalue weighted by molar-refractivity contribution is -0.119. The number of hydrogen-bond donors (Lipinski definition) is 1. The lowest BCUT2D eigenvalue weighted by Crippen LogP contribution is -2.41. The molecule has 3 rings (SSSR count). The Morgan fingerprint density at radius 1 is 1.29 bits per heavy atom. The third-order valence-corrected chi connectivity index (χ3v) is 5.63. The van der Waals surface area contributed by atoms with Crippen LogP contribution in [0.3, 0.4) is 0 Å². The zero-order valence-corrected chi connectivity index (χ0v) is 15.9. The molecule has 2 atom stereocenters. The number of thioether (sulfide) groups is 1. The summed E-state index contributed by atoms with van der Waals surface area (Å²) < 4.78 is 6.61. The molecule has 1 aliphatic rings. The van der Waals surface area contributed by atoms with Gasteiger partial charge in [0.2, 0.25) is 11.8 Å². The molecule has 1 aliphatic carbocycles. The van der Waals surface area contributed by atoms with Crippen LogP contribution in [0.4, 0.5) is 0 Å². The summed E-state index contributed by atoms with van der Waals surface area (Å²) in [4.78, 5) is 12.1. The second-order valence-electron chi connectivity index (χ2n) is 6.10. The molecular formula is C17H20BrN3O2S. The molecule has 7 heteroatoms. The van der Waals surface area contributed by atoms with Crippen LogP contribution < -0.4 is 5.32 Å². The Balaban J connectivity index is 1.51. The first kappa shape index (κ1) is 17.5. The van der Waals surface area contributed by atoms with E-state index in [1.54, 1.807) is 0 Å². The zero-order valence-electron chi connectivity index (χ0n) is 13.5. The van der Waals surface area contributed by atoms with Gasteiger partial charge in [-0.2, -0.15) is 0 Å². The summed E-state index contributed by atoms with van der Waals surface area (Å²) in [5, 5.41) is 11.6. The van der Waals surface area contributed by atoms with Crippen LogP contribution in [0, 0.1) is 5.92 Å². The Hall–Kier alpha value is -1.34. The molecule has 1 N–H and O–H groups in total. The molecule has 0 unspecified atom stereocenters. The fourth-order valence-electron chi connectivity index (χ4n) is 2.88. The zero-order chi connectivity index (χ0) is 16.9. The topological polar surface area (TPSA) is 68.0 Å². The average molecular weight is 410 g/mol. The maximum atomic E-state index is 12.1. The van der Waals surface area contributed by atoms with Crippen molar-refractivity contribution in [2.75, 3.05) is 5.75 Å². The van der Waals surface area contributed by atoms with E-state index in [0.29, 0.717) is 28.8 Å². The summed E-state index contributed by atoms with van der Waals surface area (Å²) in [7, 11) is 0. The Kier molecular flexibility index (Phi) is 5.94. The summed E-state index contributed by atoms with van der Waals surface area (Å²) in [5.74, 6) is 1.35. The van der Waals surface area contributed by atoms with Crippen LogP contribution in [0.25, 0.3) is 11.5 Å². The van der Waals surface area contributed by atoms with Crippen molar-refractivity contribution in [2.45, 2.75) is 43.9 Å². The Morgan fingerprint density at radius 3 is 2.79 bits per heavy atom. The van der Waals surface area contributed by atoms with Crippen LogP contribution in [0.1, 0.15) is 32.6 Å². The SMILES string of the molecule is C[C@@H]1CCCC[C@H]1NC(=O)CSc1nnc(-c2ccc(Br)cc2)o1. The summed E-state index contributed by atoms with van der Waals surface area (Å²) in [6.45, 7) is 2.21. The number of hydrogen-bond acceptors (Lipinski definition) is 5. The molecule has 2 aromatic rings. The van der Waals surface area contributed by atoms with Crippen LogP contribution in [0.2, 0.25) is 0 Å². The van der Waals surface area contributed by atoms with Gasteiger partial charge in [0.25, 0.3) is 5.22 Å². The smallest absolute Gasteiger partial charge is 0.277 e. The minimum atomic E-state index is 0.0298. The summed E-state index contributed by atoms with van der Waals surface area (Å²) in [6.07, 6.45) is 4.73. The highest BCUT2D eigenvalue weighted by Crippen LogP contribution is 2.26. The number of nitrogens with zero attached hydrogens (tertiary/aromatic N) is 2. The predicted molar refractivity (Wildman–Crippen MR) is 97.7 cm³/mol. The van der Waals surface area contributed by atoms with Crippen LogP contribution in [-0.2, 0) is 4.79 Å². The van der Waals surface area contributed by atoms with Gasteiger partial charge in [0, 0.05) is 16.1 Å². The first-order chi connectivity index (χ1) is 11.6. The van der Waals surface area contributed by atoms with Gasteiger partial charge in [0.05, 0.1) is 5.75 Å². The highest BCUT2D eigenvalue weighted by molar-refractivity contribution is 9.10. The molecule has 0 spiro atoms. The molecule has 1 saturated carbocycles. The number of amides is 1. The number of carbonyl (C=O) groups excluding carboxylic acids is 1. The first-order valence-corrected chi connectivity index (χ1v) is 9.91. The van der Waals surface area contributed by atoms with Gasteiger partial charge in [-0.05, 0) is 43.0 Å². The normalized spacial score (nSPS) is 20.8. The summed E-state index contributed by atoms with van der Waals surface area (Å²) >= 11 is 4.67. The molecule has 0 aliphatic heterocycles. The van der Waals surface area contributed by atoms with E-state index in [0.717, 1.165) is 16.5 Å². The number of carbonyl (C=O) groups is 1. The van der Waals surface area contributed by atoms with Gasteiger partial charge >= 0.3 is 0 Å². The van der Waals surface area contributed by atoms with E-state index in [9.17, 15) is 4.79 Å². The standard InChI is InChI=1S/C17H20BrN3O2S/c1-11-4-2-3-5-14(11)19-15(22)10-24-17-21-20-16(23-17)12-6-8-13(18)9-7-12/h6-9,11,14H,2-5,10H2,1H3,(H,19,22)/t11-,14-/m1/s1. The molecule has 24 heavy (non-hydrogen) atoms. The van der Waals surface area contributed by atoms with E-state index < -0.39 is 0 Å².